The maximum absolute atomic E-state index is 10.8. The first-order valence-corrected chi connectivity index (χ1v) is 8.96. The Bertz CT molecular complexity index is 949. The quantitative estimate of drug-likeness (QED) is 0.312. The molecule has 0 bridgehead atoms. The molecule has 0 radical (unpaired) electrons. The van der Waals surface area contributed by atoms with E-state index in [0.717, 1.165) is 21.7 Å². The van der Waals surface area contributed by atoms with Crippen molar-refractivity contribution in [3.05, 3.63) is 93.5 Å². The molecule has 0 amide bonds. The average Bonchev–Trinajstić information content (AvgIpc) is 2.63. The van der Waals surface area contributed by atoms with E-state index >= 15 is 0 Å². The van der Waals surface area contributed by atoms with Gasteiger partial charge in [-0.2, -0.15) is 0 Å². The number of aliphatic imine (C=N–C) groups is 1. The fourth-order valence-corrected chi connectivity index (χ4v) is 3.22. The summed E-state index contributed by atoms with van der Waals surface area (Å²) < 4.78 is 0. The molecule has 0 heterocycles. The molecule has 0 atom stereocenters. The van der Waals surface area contributed by atoms with E-state index in [-0.39, 0.29) is 5.69 Å². The SMILES string of the molecule is Cc1ccc(Sc2ccc(C=Nc3ccc([N+](=O)[O-])cc3C)cc2)cc1. The Morgan fingerprint density at radius 2 is 1.54 bits per heavy atom. The van der Waals surface area contributed by atoms with Crippen LogP contribution in [-0.4, -0.2) is 11.1 Å². The third-order valence-corrected chi connectivity index (χ3v) is 4.90. The lowest BCUT2D eigenvalue weighted by atomic mass is 10.2. The molecule has 0 aromatic heterocycles. The van der Waals surface area contributed by atoms with E-state index in [1.54, 1.807) is 24.0 Å². The van der Waals surface area contributed by atoms with Gasteiger partial charge in [0.05, 0.1) is 10.6 Å². The van der Waals surface area contributed by atoms with Crippen molar-refractivity contribution in [2.24, 2.45) is 4.99 Å². The smallest absolute Gasteiger partial charge is 0.258 e. The molecule has 0 fully saturated rings. The number of benzene rings is 3. The molecule has 26 heavy (non-hydrogen) atoms. The highest BCUT2D eigenvalue weighted by Crippen LogP contribution is 2.28. The Morgan fingerprint density at radius 3 is 2.12 bits per heavy atom. The standard InChI is InChI=1S/C21H18N2O2S/c1-15-3-8-19(9-4-15)26-20-10-5-17(6-11-20)14-22-21-12-7-18(23(24)25)13-16(21)2/h3-14H,1-2H3. The van der Waals surface area contributed by atoms with Gasteiger partial charge in [0.2, 0.25) is 0 Å². The van der Waals surface area contributed by atoms with Crippen molar-refractivity contribution in [1.82, 2.24) is 0 Å². The Labute approximate surface area is 156 Å². The predicted molar refractivity (Wildman–Crippen MR) is 107 cm³/mol. The van der Waals surface area contributed by atoms with Crippen molar-refractivity contribution in [3.63, 3.8) is 0 Å². The van der Waals surface area contributed by atoms with Crippen LogP contribution in [0.2, 0.25) is 0 Å². The van der Waals surface area contributed by atoms with E-state index < -0.39 is 4.92 Å². The Morgan fingerprint density at radius 1 is 0.923 bits per heavy atom. The number of hydrogen-bond donors (Lipinski definition) is 0. The van der Waals surface area contributed by atoms with Gasteiger partial charge in [-0.1, -0.05) is 41.6 Å². The first-order chi connectivity index (χ1) is 12.5. The van der Waals surface area contributed by atoms with Crippen LogP contribution in [0.4, 0.5) is 11.4 Å². The summed E-state index contributed by atoms with van der Waals surface area (Å²) in [6.07, 6.45) is 1.77. The number of hydrogen-bond acceptors (Lipinski definition) is 4. The van der Waals surface area contributed by atoms with Crippen molar-refractivity contribution < 1.29 is 4.92 Å². The van der Waals surface area contributed by atoms with E-state index in [1.165, 1.54) is 22.6 Å². The molecule has 0 saturated heterocycles. The normalized spacial score (nSPS) is 11.0. The minimum absolute atomic E-state index is 0.0823. The van der Waals surface area contributed by atoms with Gasteiger partial charge < -0.3 is 0 Å². The maximum atomic E-state index is 10.8. The van der Waals surface area contributed by atoms with Gasteiger partial charge in [0, 0.05) is 28.1 Å². The molecule has 3 aromatic rings. The second kappa shape index (κ2) is 7.97. The van der Waals surface area contributed by atoms with Gasteiger partial charge in [0.1, 0.15) is 0 Å². The number of non-ortho nitro benzene ring substituents is 1. The van der Waals surface area contributed by atoms with Crippen LogP contribution in [0.15, 0.2) is 81.5 Å². The highest BCUT2D eigenvalue weighted by molar-refractivity contribution is 7.99. The van der Waals surface area contributed by atoms with Crippen LogP contribution in [0.1, 0.15) is 16.7 Å². The summed E-state index contributed by atoms with van der Waals surface area (Å²) in [5.74, 6) is 0. The van der Waals surface area contributed by atoms with Crippen molar-refractivity contribution in [3.8, 4) is 0 Å². The van der Waals surface area contributed by atoms with E-state index in [4.69, 9.17) is 0 Å². The Hall–Kier alpha value is -2.92. The maximum Gasteiger partial charge on any atom is 0.269 e. The van der Waals surface area contributed by atoms with Gasteiger partial charge in [-0.05, 0) is 55.3 Å². The second-order valence-corrected chi connectivity index (χ2v) is 7.12. The lowest BCUT2D eigenvalue weighted by molar-refractivity contribution is -0.384. The summed E-state index contributed by atoms with van der Waals surface area (Å²) in [6.45, 7) is 3.90. The van der Waals surface area contributed by atoms with Gasteiger partial charge in [0.15, 0.2) is 0 Å². The molecule has 0 aliphatic heterocycles. The molecule has 5 heteroatoms. The summed E-state index contributed by atoms with van der Waals surface area (Å²) in [5, 5.41) is 10.8. The van der Waals surface area contributed by atoms with Crippen LogP contribution < -0.4 is 0 Å². The molecule has 0 unspecified atom stereocenters. The second-order valence-electron chi connectivity index (χ2n) is 5.97. The van der Waals surface area contributed by atoms with Crippen molar-refractivity contribution in [2.45, 2.75) is 23.6 Å². The lowest BCUT2D eigenvalue weighted by Crippen LogP contribution is -1.88. The minimum atomic E-state index is -0.398. The van der Waals surface area contributed by atoms with Crippen molar-refractivity contribution in [1.29, 1.82) is 0 Å². The zero-order valence-electron chi connectivity index (χ0n) is 14.5. The molecule has 4 nitrogen and oxygen atoms in total. The first kappa shape index (κ1) is 17.9. The number of nitrogens with zero attached hydrogens (tertiary/aromatic N) is 2. The van der Waals surface area contributed by atoms with Crippen LogP contribution in [-0.2, 0) is 0 Å². The first-order valence-electron chi connectivity index (χ1n) is 8.15. The van der Waals surface area contributed by atoms with Crippen LogP contribution in [0.5, 0.6) is 0 Å². The third kappa shape index (κ3) is 4.58. The van der Waals surface area contributed by atoms with Gasteiger partial charge in [0.25, 0.3) is 5.69 Å². The number of aryl methyl sites for hydroxylation is 2. The summed E-state index contributed by atoms with van der Waals surface area (Å²) in [5.41, 5.74) is 3.83. The Kier molecular flexibility index (Phi) is 5.49. The topological polar surface area (TPSA) is 55.5 Å². The highest BCUT2D eigenvalue weighted by Gasteiger charge is 2.07. The highest BCUT2D eigenvalue weighted by atomic mass is 32.2. The average molecular weight is 362 g/mol. The number of rotatable bonds is 5. The molecule has 0 aliphatic carbocycles. The molecular weight excluding hydrogens is 344 g/mol. The minimum Gasteiger partial charge on any atom is -0.258 e. The summed E-state index contributed by atoms with van der Waals surface area (Å²) in [6, 6.07) is 21.3. The number of nitro benzene ring substituents is 1. The van der Waals surface area contributed by atoms with Crippen LogP contribution >= 0.6 is 11.8 Å². The molecular formula is C21H18N2O2S. The van der Waals surface area contributed by atoms with Crippen molar-refractivity contribution in [2.75, 3.05) is 0 Å². The summed E-state index contributed by atoms with van der Waals surface area (Å²) in [7, 11) is 0. The van der Waals surface area contributed by atoms with E-state index in [1.807, 2.05) is 19.1 Å². The largest absolute Gasteiger partial charge is 0.269 e. The van der Waals surface area contributed by atoms with E-state index in [2.05, 4.69) is 48.3 Å². The van der Waals surface area contributed by atoms with E-state index in [0.29, 0.717) is 0 Å². The molecule has 0 saturated carbocycles. The van der Waals surface area contributed by atoms with Gasteiger partial charge in [-0.15, -0.1) is 0 Å². The Balaban J connectivity index is 1.70. The zero-order chi connectivity index (χ0) is 18.5. The fraction of sp³-hybridized carbons (Fsp3) is 0.0952. The van der Waals surface area contributed by atoms with Gasteiger partial charge in [-0.25, -0.2) is 0 Å². The molecule has 0 N–H and O–H groups in total. The van der Waals surface area contributed by atoms with E-state index in [9.17, 15) is 10.1 Å². The summed E-state index contributed by atoms with van der Waals surface area (Å²) >= 11 is 1.72. The van der Waals surface area contributed by atoms with Crippen LogP contribution in [0, 0.1) is 24.0 Å². The molecule has 0 spiro atoms. The fourth-order valence-electron chi connectivity index (χ4n) is 2.41. The third-order valence-electron chi connectivity index (χ3n) is 3.88. The van der Waals surface area contributed by atoms with Gasteiger partial charge in [-0.3, -0.25) is 15.1 Å². The predicted octanol–water partition coefficient (Wildman–Crippen LogP) is 6.11. The van der Waals surface area contributed by atoms with Crippen molar-refractivity contribution >= 4 is 29.4 Å². The van der Waals surface area contributed by atoms with Gasteiger partial charge >= 0.3 is 0 Å². The number of nitro groups is 1. The molecule has 130 valence electrons. The molecule has 3 aromatic carbocycles. The van der Waals surface area contributed by atoms with Crippen LogP contribution in [0.3, 0.4) is 0 Å². The zero-order valence-corrected chi connectivity index (χ0v) is 15.4. The molecule has 3 rings (SSSR count). The van der Waals surface area contributed by atoms with Crippen LogP contribution in [0.25, 0.3) is 0 Å². The lowest BCUT2D eigenvalue weighted by Gasteiger charge is -2.03. The summed E-state index contributed by atoms with van der Waals surface area (Å²) in [4.78, 5) is 17.2. The monoisotopic (exact) mass is 362 g/mol. The molecule has 0 aliphatic rings.